The van der Waals surface area contributed by atoms with Crippen LogP contribution in [-0.4, -0.2) is 21.5 Å². The van der Waals surface area contributed by atoms with E-state index in [-0.39, 0.29) is 0 Å². The lowest BCUT2D eigenvalue weighted by Gasteiger charge is -2.29. The molecule has 108 valence electrons. The van der Waals surface area contributed by atoms with Gasteiger partial charge in [-0.25, -0.2) is 0 Å². The smallest absolute Gasteiger partial charge is 0.324 e. The average molecular weight is 281 g/mol. The van der Waals surface area contributed by atoms with Crippen LogP contribution in [0.3, 0.4) is 0 Å². The first kappa shape index (κ1) is 13.8. The van der Waals surface area contributed by atoms with Crippen LogP contribution in [0, 0.1) is 0 Å². The molecule has 1 N–H and O–H groups in total. The molecule has 0 heterocycles. The van der Waals surface area contributed by atoms with Gasteiger partial charge in [0.2, 0.25) is 0 Å². The summed E-state index contributed by atoms with van der Waals surface area (Å²) in [4.78, 5) is 13.8. The van der Waals surface area contributed by atoms with E-state index in [1.54, 1.807) is 0 Å². The van der Waals surface area contributed by atoms with Gasteiger partial charge in [0.05, 0.1) is 0 Å². The van der Waals surface area contributed by atoms with Crippen molar-refractivity contribution in [3.63, 3.8) is 0 Å². The van der Waals surface area contributed by atoms with Gasteiger partial charge in [-0.05, 0) is 24.0 Å². The number of hydrogen-bond donors (Lipinski definition) is 1. The van der Waals surface area contributed by atoms with E-state index in [2.05, 4.69) is 29.2 Å². The standard InChI is InChI=1S/C18H19NO2/c20-17(21)18(11-12-18)19(13-15-7-3-1-4-8-15)14-16-9-5-2-6-10-16/h1-10H,11-14H2,(H,20,21). The van der Waals surface area contributed by atoms with Gasteiger partial charge in [0.1, 0.15) is 5.54 Å². The van der Waals surface area contributed by atoms with Crippen LogP contribution in [0.25, 0.3) is 0 Å². The zero-order chi connectivity index (χ0) is 14.7. The van der Waals surface area contributed by atoms with E-state index in [1.807, 2.05) is 36.4 Å². The van der Waals surface area contributed by atoms with Crippen molar-refractivity contribution in [1.29, 1.82) is 0 Å². The third-order valence-electron chi connectivity index (χ3n) is 4.16. The first-order chi connectivity index (χ1) is 10.2. The Morgan fingerprint density at radius 2 is 1.33 bits per heavy atom. The molecule has 0 bridgehead atoms. The van der Waals surface area contributed by atoms with Gasteiger partial charge in [0.25, 0.3) is 0 Å². The van der Waals surface area contributed by atoms with Gasteiger partial charge < -0.3 is 5.11 Å². The molecule has 1 saturated carbocycles. The van der Waals surface area contributed by atoms with Crippen molar-refractivity contribution in [2.75, 3.05) is 0 Å². The van der Waals surface area contributed by atoms with E-state index in [1.165, 1.54) is 0 Å². The second kappa shape index (κ2) is 5.70. The lowest BCUT2D eigenvalue weighted by Crippen LogP contribution is -2.42. The van der Waals surface area contributed by atoms with Crippen molar-refractivity contribution in [2.24, 2.45) is 0 Å². The first-order valence-corrected chi connectivity index (χ1v) is 7.27. The van der Waals surface area contributed by atoms with Gasteiger partial charge >= 0.3 is 5.97 Å². The molecule has 3 rings (SSSR count). The molecule has 2 aromatic rings. The molecule has 0 unspecified atom stereocenters. The molecule has 0 atom stereocenters. The normalized spacial score (nSPS) is 15.9. The number of nitrogens with zero attached hydrogens (tertiary/aromatic N) is 1. The third-order valence-corrected chi connectivity index (χ3v) is 4.16. The predicted octanol–water partition coefficient (Wildman–Crippen LogP) is 3.31. The van der Waals surface area contributed by atoms with Gasteiger partial charge in [0, 0.05) is 13.1 Å². The molecular weight excluding hydrogens is 262 g/mol. The van der Waals surface area contributed by atoms with Gasteiger partial charge in [0.15, 0.2) is 0 Å². The largest absolute Gasteiger partial charge is 0.480 e. The summed E-state index contributed by atoms with van der Waals surface area (Å²) in [5.41, 5.74) is 1.63. The maximum absolute atomic E-state index is 11.7. The van der Waals surface area contributed by atoms with Gasteiger partial charge in [-0.15, -0.1) is 0 Å². The Labute approximate surface area is 124 Å². The minimum Gasteiger partial charge on any atom is -0.480 e. The van der Waals surface area contributed by atoms with Crippen LogP contribution in [0.1, 0.15) is 24.0 Å². The number of carboxylic acids is 1. The highest BCUT2D eigenvalue weighted by molar-refractivity contribution is 5.82. The first-order valence-electron chi connectivity index (χ1n) is 7.27. The summed E-state index contributed by atoms with van der Waals surface area (Å²) >= 11 is 0. The highest BCUT2D eigenvalue weighted by Gasteiger charge is 2.54. The molecule has 3 nitrogen and oxygen atoms in total. The Kier molecular flexibility index (Phi) is 3.76. The average Bonchev–Trinajstić information content (AvgIpc) is 3.30. The van der Waals surface area contributed by atoms with E-state index >= 15 is 0 Å². The van der Waals surface area contributed by atoms with Crippen LogP contribution in [0.5, 0.6) is 0 Å². The molecule has 2 aromatic carbocycles. The summed E-state index contributed by atoms with van der Waals surface area (Å²) in [7, 11) is 0. The molecule has 0 aromatic heterocycles. The van der Waals surface area contributed by atoms with Crippen molar-refractivity contribution in [3.05, 3.63) is 71.8 Å². The molecule has 21 heavy (non-hydrogen) atoms. The van der Waals surface area contributed by atoms with E-state index in [0.29, 0.717) is 13.1 Å². The topological polar surface area (TPSA) is 40.5 Å². The molecule has 1 aliphatic rings. The van der Waals surface area contributed by atoms with E-state index in [4.69, 9.17) is 0 Å². The summed E-state index contributed by atoms with van der Waals surface area (Å²) in [6.07, 6.45) is 1.48. The van der Waals surface area contributed by atoms with Gasteiger partial charge in [-0.3, -0.25) is 9.69 Å². The fourth-order valence-corrected chi connectivity index (χ4v) is 2.75. The maximum atomic E-state index is 11.7. The molecular formula is C18H19NO2. The van der Waals surface area contributed by atoms with Crippen LogP contribution < -0.4 is 0 Å². The number of carbonyl (C=O) groups is 1. The number of rotatable bonds is 6. The van der Waals surface area contributed by atoms with Crippen LogP contribution >= 0.6 is 0 Å². The summed E-state index contributed by atoms with van der Waals surface area (Å²) in [5.74, 6) is -0.700. The minimum atomic E-state index is -0.700. The monoisotopic (exact) mass is 281 g/mol. The molecule has 0 amide bonds. The third kappa shape index (κ3) is 2.98. The fourth-order valence-electron chi connectivity index (χ4n) is 2.75. The quantitative estimate of drug-likeness (QED) is 0.883. The lowest BCUT2D eigenvalue weighted by atomic mass is 10.1. The fraction of sp³-hybridized carbons (Fsp3) is 0.278. The Bertz CT molecular complexity index is 564. The van der Waals surface area contributed by atoms with Crippen LogP contribution in [0.15, 0.2) is 60.7 Å². The molecule has 0 saturated heterocycles. The summed E-state index contributed by atoms with van der Waals surface area (Å²) in [6, 6.07) is 20.2. The van der Waals surface area contributed by atoms with Crippen LogP contribution in [0.4, 0.5) is 0 Å². The zero-order valence-corrected chi connectivity index (χ0v) is 11.9. The number of carboxylic acid groups (broad SMARTS) is 1. The summed E-state index contributed by atoms with van der Waals surface area (Å²) in [5, 5.41) is 9.59. The number of hydrogen-bond acceptors (Lipinski definition) is 2. The number of aliphatic carboxylic acids is 1. The molecule has 1 aliphatic carbocycles. The van der Waals surface area contributed by atoms with E-state index in [9.17, 15) is 9.90 Å². The second-order valence-corrected chi connectivity index (χ2v) is 5.66. The van der Waals surface area contributed by atoms with E-state index < -0.39 is 11.5 Å². The van der Waals surface area contributed by atoms with Crippen molar-refractivity contribution in [3.8, 4) is 0 Å². The van der Waals surface area contributed by atoms with Crippen LogP contribution in [-0.2, 0) is 17.9 Å². The zero-order valence-electron chi connectivity index (χ0n) is 11.9. The van der Waals surface area contributed by atoms with Crippen LogP contribution in [0.2, 0.25) is 0 Å². The summed E-state index contributed by atoms with van der Waals surface area (Å²) in [6.45, 7) is 1.34. The van der Waals surface area contributed by atoms with Crippen molar-refractivity contribution < 1.29 is 9.90 Å². The second-order valence-electron chi connectivity index (χ2n) is 5.66. The molecule has 0 radical (unpaired) electrons. The molecule has 1 fully saturated rings. The summed E-state index contributed by atoms with van der Waals surface area (Å²) < 4.78 is 0. The molecule has 0 aliphatic heterocycles. The van der Waals surface area contributed by atoms with Gasteiger partial charge in [-0.2, -0.15) is 0 Å². The minimum absolute atomic E-state index is 0.669. The Morgan fingerprint density at radius 3 is 1.67 bits per heavy atom. The van der Waals surface area contributed by atoms with Crippen molar-refractivity contribution >= 4 is 5.97 Å². The maximum Gasteiger partial charge on any atom is 0.324 e. The lowest BCUT2D eigenvalue weighted by molar-refractivity contribution is -0.145. The van der Waals surface area contributed by atoms with Crippen molar-refractivity contribution in [1.82, 2.24) is 4.90 Å². The molecule has 0 spiro atoms. The number of benzene rings is 2. The van der Waals surface area contributed by atoms with Crippen molar-refractivity contribution in [2.45, 2.75) is 31.5 Å². The Hall–Kier alpha value is -2.13. The SMILES string of the molecule is O=C(O)C1(N(Cc2ccccc2)Cc2ccccc2)CC1. The Balaban J connectivity index is 1.83. The molecule has 3 heteroatoms. The van der Waals surface area contributed by atoms with E-state index in [0.717, 1.165) is 24.0 Å². The highest BCUT2D eigenvalue weighted by Crippen LogP contribution is 2.43. The Morgan fingerprint density at radius 1 is 0.905 bits per heavy atom. The highest BCUT2D eigenvalue weighted by atomic mass is 16.4. The van der Waals surface area contributed by atoms with Gasteiger partial charge in [-0.1, -0.05) is 60.7 Å². The predicted molar refractivity (Wildman–Crippen MR) is 81.7 cm³/mol.